The van der Waals surface area contributed by atoms with Crippen molar-refractivity contribution in [2.24, 2.45) is 17.3 Å². The smallest absolute Gasteiger partial charge is 0.184 e. The van der Waals surface area contributed by atoms with Crippen LogP contribution in [0.5, 0.6) is 0 Å². The quantitative estimate of drug-likeness (QED) is 0.768. The van der Waals surface area contributed by atoms with Gasteiger partial charge in [-0.15, -0.1) is 0 Å². The lowest BCUT2D eigenvalue weighted by Gasteiger charge is -2.44. The van der Waals surface area contributed by atoms with E-state index in [0.29, 0.717) is 36.8 Å². The second kappa shape index (κ2) is 7.43. The number of H-pyrrole nitrogens is 1. The first-order valence-electron chi connectivity index (χ1n) is 10.5. The number of piperidine rings is 3. The van der Waals surface area contributed by atoms with Crippen molar-refractivity contribution in [1.29, 1.82) is 0 Å². The number of fused-ring (bicyclic) bond motifs is 4. The van der Waals surface area contributed by atoms with Crippen LogP contribution in [-0.4, -0.2) is 46.3 Å². The molecule has 1 aromatic heterocycles. The summed E-state index contributed by atoms with van der Waals surface area (Å²) >= 11 is 0. The van der Waals surface area contributed by atoms with Gasteiger partial charge in [-0.05, 0) is 60.9 Å². The van der Waals surface area contributed by atoms with Gasteiger partial charge in [0.15, 0.2) is 5.78 Å². The molecule has 3 saturated heterocycles. The predicted octanol–water partition coefficient (Wildman–Crippen LogP) is 4.03. The van der Waals surface area contributed by atoms with Gasteiger partial charge in [-0.3, -0.25) is 14.7 Å². The van der Waals surface area contributed by atoms with Crippen molar-refractivity contribution in [3.8, 4) is 0 Å². The Morgan fingerprint density at radius 3 is 2.61 bits per heavy atom. The molecule has 28 heavy (non-hydrogen) atoms. The van der Waals surface area contributed by atoms with Crippen molar-refractivity contribution >= 4 is 22.5 Å². The molecule has 0 spiro atoms. The van der Waals surface area contributed by atoms with E-state index in [9.17, 15) is 9.59 Å². The van der Waals surface area contributed by atoms with Crippen LogP contribution in [0.15, 0.2) is 18.2 Å². The first kappa shape index (κ1) is 19.3. The fraction of sp³-hybridized carbons (Fsp3) is 0.609. The van der Waals surface area contributed by atoms with Crippen LogP contribution in [0.4, 0.5) is 0 Å². The normalized spacial score (nSPS) is 24.6. The van der Waals surface area contributed by atoms with Gasteiger partial charge >= 0.3 is 0 Å². The van der Waals surface area contributed by atoms with Gasteiger partial charge in [0, 0.05) is 31.2 Å². The third-order valence-corrected chi connectivity index (χ3v) is 6.26. The molecule has 3 fully saturated rings. The Bertz CT molecular complexity index is 885. The standard InChI is InChI=1S/C23H31N3O2/c1-23(2,3)13-18(27)10-15-4-5-20-19(11-15)22(25-24-20)21(28)12-17-14-26-8-6-16(17)7-9-26/h4-5,11,16-17H,6-10,12-14H2,1-3H3,(H,24,25)/t17-/m0/s1. The van der Waals surface area contributed by atoms with Crippen LogP contribution < -0.4 is 0 Å². The summed E-state index contributed by atoms with van der Waals surface area (Å²) in [5, 5.41) is 8.18. The summed E-state index contributed by atoms with van der Waals surface area (Å²) in [6.07, 6.45) is 3.99. The Labute approximate surface area is 166 Å². The molecule has 0 amide bonds. The van der Waals surface area contributed by atoms with Crippen molar-refractivity contribution in [1.82, 2.24) is 15.1 Å². The molecule has 2 aromatic rings. The molecule has 3 aliphatic heterocycles. The van der Waals surface area contributed by atoms with E-state index in [0.717, 1.165) is 23.0 Å². The number of carbonyl (C=O) groups is 2. The van der Waals surface area contributed by atoms with E-state index < -0.39 is 0 Å². The van der Waals surface area contributed by atoms with Crippen LogP contribution in [0.2, 0.25) is 0 Å². The number of nitrogens with zero attached hydrogens (tertiary/aromatic N) is 2. The van der Waals surface area contributed by atoms with Crippen LogP contribution in [0, 0.1) is 17.3 Å². The first-order chi connectivity index (χ1) is 13.3. The molecule has 1 aromatic carbocycles. The molecule has 0 unspecified atom stereocenters. The second-order valence-corrected chi connectivity index (χ2v) is 9.93. The maximum atomic E-state index is 13.0. The molecule has 1 atom stereocenters. The van der Waals surface area contributed by atoms with Gasteiger partial charge in [0.05, 0.1) is 5.52 Å². The summed E-state index contributed by atoms with van der Waals surface area (Å²) in [5.74, 6) is 1.50. The van der Waals surface area contributed by atoms with Gasteiger partial charge in [-0.2, -0.15) is 5.10 Å². The van der Waals surface area contributed by atoms with Crippen molar-refractivity contribution in [3.05, 3.63) is 29.5 Å². The molecule has 0 radical (unpaired) electrons. The minimum Gasteiger partial charge on any atom is -0.303 e. The number of Topliss-reactive ketones (excluding diaryl/α,β-unsaturated/α-hetero) is 2. The van der Waals surface area contributed by atoms with Crippen molar-refractivity contribution in [2.75, 3.05) is 19.6 Å². The van der Waals surface area contributed by atoms with E-state index in [1.807, 2.05) is 18.2 Å². The molecular weight excluding hydrogens is 350 g/mol. The van der Waals surface area contributed by atoms with Crippen molar-refractivity contribution in [3.63, 3.8) is 0 Å². The van der Waals surface area contributed by atoms with E-state index in [1.165, 1.54) is 25.9 Å². The number of benzene rings is 1. The number of hydrogen-bond acceptors (Lipinski definition) is 4. The van der Waals surface area contributed by atoms with Crippen LogP contribution >= 0.6 is 0 Å². The van der Waals surface area contributed by atoms with Gasteiger partial charge in [0.2, 0.25) is 0 Å². The highest BCUT2D eigenvalue weighted by molar-refractivity contribution is 6.06. The van der Waals surface area contributed by atoms with E-state index in [4.69, 9.17) is 0 Å². The molecule has 4 heterocycles. The number of carbonyl (C=O) groups excluding carboxylic acids is 2. The summed E-state index contributed by atoms with van der Waals surface area (Å²) in [6.45, 7) is 9.66. The molecular formula is C23H31N3O2. The number of aromatic nitrogens is 2. The van der Waals surface area contributed by atoms with Gasteiger partial charge in [0.1, 0.15) is 11.5 Å². The second-order valence-electron chi connectivity index (χ2n) is 9.93. The van der Waals surface area contributed by atoms with Crippen LogP contribution in [-0.2, 0) is 11.2 Å². The lowest BCUT2D eigenvalue weighted by molar-refractivity contribution is -0.120. The highest BCUT2D eigenvalue weighted by Crippen LogP contribution is 2.35. The third kappa shape index (κ3) is 4.19. The lowest BCUT2D eigenvalue weighted by atomic mass is 9.76. The van der Waals surface area contributed by atoms with Crippen LogP contribution in [0.25, 0.3) is 10.9 Å². The molecule has 2 bridgehead atoms. The zero-order chi connectivity index (χ0) is 19.9. The minimum atomic E-state index is -0.00659. The molecule has 1 N–H and O–H groups in total. The average molecular weight is 382 g/mol. The molecule has 3 aliphatic rings. The average Bonchev–Trinajstić information content (AvgIpc) is 3.04. The van der Waals surface area contributed by atoms with Gasteiger partial charge in [0.25, 0.3) is 0 Å². The number of rotatable bonds is 6. The SMILES string of the molecule is CC(C)(C)CC(=O)Cc1ccc2[nH]nc(C(=O)C[C@H]3CN4CCC3CC4)c2c1. The summed E-state index contributed by atoms with van der Waals surface area (Å²) in [7, 11) is 0. The lowest BCUT2D eigenvalue weighted by Crippen LogP contribution is -2.47. The maximum absolute atomic E-state index is 13.0. The van der Waals surface area contributed by atoms with Gasteiger partial charge in [-0.1, -0.05) is 26.8 Å². The van der Waals surface area contributed by atoms with Crippen molar-refractivity contribution < 1.29 is 9.59 Å². The third-order valence-electron chi connectivity index (χ3n) is 6.26. The summed E-state index contributed by atoms with van der Waals surface area (Å²) < 4.78 is 0. The van der Waals surface area contributed by atoms with Crippen LogP contribution in [0.3, 0.4) is 0 Å². The zero-order valence-electron chi connectivity index (χ0n) is 17.3. The topological polar surface area (TPSA) is 66.1 Å². The zero-order valence-corrected chi connectivity index (χ0v) is 17.3. The Kier molecular flexibility index (Phi) is 5.13. The van der Waals surface area contributed by atoms with Gasteiger partial charge in [-0.25, -0.2) is 0 Å². The minimum absolute atomic E-state index is 0.00659. The van der Waals surface area contributed by atoms with E-state index in [-0.39, 0.29) is 17.0 Å². The summed E-state index contributed by atoms with van der Waals surface area (Å²) in [5.41, 5.74) is 2.36. The maximum Gasteiger partial charge on any atom is 0.184 e. The Hall–Kier alpha value is -2.01. The Morgan fingerprint density at radius 2 is 1.96 bits per heavy atom. The largest absolute Gasteiger partial charge is 0.303 e. The van der Waals surface area contributed by atoms with Gasteiger partial charge < -0.3 is 4.90 Å². The van der Waals surface area contributed by atoms with E-state index in [2.05, 4.69) is 35.9 Å². The number of ketones is 2. The molecule has 150 valence electrons. The summed E-state index contributed by atoms with van der Waals surface area (Å²) in [6, 6.07) is 5.87. The van der Waals surface area contributed by atoms with E-state index >= 15 is 0 Å². The molecule has 0 aliphatic carbocycles. The molecule has 5 heteroatoms. The highest BCUT2D eigenvalue weighted by atomic mass is 16.1. The molecule has 5 rings (SSSR count). The fourth-order valence-corrected chi connectivity index (χ4v) is 4.92. The summed E-state index contributed by atoms with van der Waals surface area (Å²) in [4.78, 5) is 27.9. The Balaban J connectivity index is 1.49. The number of nitrogens with one attached hydrogen (secondary N) is 1. The van der Waals surface area contributed by atoms with Crippen molar-refractivity contribution in [2.45, 2.75) is 52.9 Å². The number of hydrogen-bond donors (Lipinski definition) is 1. The monoisotopic (exact) mass is 381 g/mol. The fourth-order valence-electron chi connectivity index (χ4n) is 4.92. The van der Waals surface area contributed by atoms with Crippen LogP contribution in [0.1, 0.15) is 62.5 Å². The van der Waals surface area contributed by atoms with E-state index in [1.54, 1.807) is 0 Å². The number of aromatic amines is 1. The molecule has 0 saturated carbocycles. The molecule has 5 nitrogen and oxygen atoms in total. The highest BCUT2D eigenvalue weighted by Gasteiger charge is 2.35. The first-order valence-corrected chi connectivity index (χ1v) is 10.5. The predicted molar refractivity (Wildman–Crippen MR) is 110 cm³/mol. The Morgan fingerprint density at radius 1 is 1.21 bits per heavy atom.